The van der Waals surface area contributed by atoms with Crippen LogP contribution in [0, 0.1) is 5.92 Å². The van der Waals surface area contributed by atoms with Crippen LogP contribution in [0.25, 0.3) is 0 Å². The number of carbonyl (C=O) groups excluding carboxylic acids is 1. The summed E-state index contributed by atoms with van der Waals surface area (Å²) in [6.07, 6.45) is 10.4. The van der Waals surface area contributed by atoms with E-state index in [0.717, 1.165) is 5.92 Å². The predicted octanol–water partition coefficient (Wildman–Crippen LogP) is 2.03. The number of rotatable bonds is 4. The highest BCUT2D eigenvalue weighted by atomic mass is 16.5. The van der Waals surface area contributed by atoms with Gasteiger partial charge in [0.2, 0.25) is 0 Å². The highest BCUT2D eigenvalue weighted by Gasteiger charge is 2.40. The van der Waals surface area contributed by atoms with E-state index in [1.54, 1.807) is 6.08 Å². The molecule has 2 fully saturated rings. The summed E-state index contributed by atoms with van der Waals surface area (Å²) in [4.78, 5) is 11.1. The molecule has 0 spiro atoms. The first-order chi connectivity index (χ1) is 7.81. The summed E-state index contributed by atoms with van der Waals surface area (Å²) in [5.41, 5.74) is 0. The van der Waals surface area contributed by atoms with E-state index in [1.807, 2.05) is 13.0 Å². The van der Waals surface area contributed by atoms with Gasteiger partial charge in [0.15, 0.2) is 0 Å². The van der Waals surface area contributed by atoms with Crippen molar-refractivity contribution in [2.45, 2.75) is 51.1 Å². The molecule has 3 nitrogen and oxygen atoms in total. The zero-order valence-corrected chi connectivity index (χ0v) is 9.95. The molecular formula is C13H21NO2. The molecule has 2 rings (SSSR count). The van der Waals surface area contributed by atoms with E-state index in [2.05, 4.69) is 5.32 Å². The lowest BCUT2D eigenvalue weighted by molar-refractivity contribution is -0.137. The van der Waals surface area contributed by atoms with Crippen molar-refractivity contribution in [3.63, 3.8) is 0 Å². The molecular weight excluding hydrogens is 202 g/mol. The second-order valence-electron chi connectivity index (χ2n) is 4.73. The van der Waals surface area contributed by atoms with E-state index < -0.39 is 0 Å². The third-order valence-electron chi connectivity index (χ3n) is 3.55. The molecule has 0 aromatic rings. The van der Waals surface area contributed by atoms with Gasteiger partial charge in [-0.3, -0.25) is 0 Å². The molecule has 3 heteroatoms. The highest BCUT2D eigenvalue weighted by molar-refractivity contribution is 5.82. The Hall–Kier alpha value is -0.830. The number of esters is 1. The van der Waals surface area contributed by atoms with Crippen LogP contribution in [0.1, 0.15) is 39.0 Å². The second kappa shape index (κ2) is 5.48. The van der Waals surface area contributed by atoms with Crippen LogP contribution in [0.2, 0.25) is 0 Å². The minimum absolute atomic E-state index is 0.224. The molecule has 0 aromatic carbocycles. The number of hydrogen-bond acceptors (Lipinski definition) is 3. The monoisotopic (exact) mass is 223 g/mol. The smallest absolute Gasteiger partial charge is 0.330 e. The van der Waals surface area contributed by atoms with Crippen molar-refractivity contribution in [3.8, 4) is 0 Å². The number of hydrogen-bond donors (Lipinski definition) is 1. The van der Waals surface area contributed by atoms with Crippen molar-refractivity contribution in [1.82, 2.24) is 5.32 Å². The quantitative estimate of drug-likeness (QED) is 0.450. The van der Waals surface area contributed by atoms with Crippen LogP contribution >= 0.6 is 0 Å². The molecule has 2 aliphatic rings. The summed E-state index contributed by atoms with van der Waals surface area (Å²) in [5, 5.41) is 3.44. The Balaban J connectivity index is 1.71. The molecule has 16 heavy (non-hydrogen) atoms. The maximum absolute atomic E-state index is 11.1. The molecule has 1 saturated heterocycles. The van der Waals surface area contributed by atoms with Gasteiger partial charge >= 0.3 is 5.97 Å². The molecule has 1 saturated carbocycles. The average Bonchev–Trinajstić information content (AvgIpc) is 3.07. The Morgan fingerprint density at radius 2 is 2.12 bits per heavy atom. The van der Waals surface area contributed by atoms with Gasteiger partial charge < -0.3 is 10.1 Å². The molecule has 2 atom stereocenters. The van der Waals surface area contributed by atoms with Gasteiger partial charge in [0.05, 0.1) is 6.61 Å². The van der Waals surface area contributed by atoms with Gasteiger partial charge in [0.25, 0.3) is 0 Å². The Kier molecular flexibility index (Phi) is 3.99. The maximum Gasteiger partial charge on any atom is 0.330 e. The van der Waals surface area contributed by atoms with Crippen LogP contribution < -0.4 is 5.32 Å². The lowest BCUT2D eigenvalue weighted by Gasteiger charge is -2.20. The first kappa shape index (κ1) is 11.6. The van der Waals surface area contributed by atoms with E-state index in [1.165, 1.54) is 32.1 Å². The summed E-state index contributed by atoms with van der Waals surface area (Å²) in [6, 6.07) is 1.03. The average molecular weight is 223 g/mol. The van der Waals surface area contributed by atoms with Gasteiger partial charge in [-0.15, -0.1) is 0 Å². The Morgan fingerprint density at radius 1 is 1.38 bits per heavy atom. The van der Waals surface area contributed by atoms with E-state index in [9.17, 15) is 4.79 Å². The Labute approximate surface area is 97.2 Å². The lowest BCUT2D eigenvalue weighted by atomic mass is 9.86. The van der Waals surface area contributed by atoms with Gasteiger partial charge in [-0.05, 0) is 25.7 Å². The van der Waals surface area contributed by atoms with Crippen LogP contribution in [0.3, 0.4) is 0 Å². The van der Waals surface area contributed by atoms with Crippen LogP contribution in [-0.4, -0.2) is 24.7 Å². The standard InChI is InChI=1S/C13H21NO2/c1-2-16-12(15)9-8-11-13(14-11)10-6-4-3-5-7-10/h8-11,13-14H,2-7H2,1H3/b9-8+/t11-,13-/m0/s1. The SMILES string of the molecule is CCOC(=O)/C=C/[C@@H]1N[C@H]1C1CCCCC1. The van der Waals surface area contributed by atoms with E-state index in [0.29, 0.717) is 18.7 Å². The fourth-order valence-corrected chi connectivity index (χ4v) is 2.64. The summed E-state index contributed by atoms with van der Waals surface area (Å²) < 4.78 is 4.85. The van der Waals surface area contributed by atoms with Crippen molar-refractivity contribution in [2.24, 2.45) is 5.92 Å². The molecule has 0 aromatic heterocycles. The van der Waals surface area contributed by atoms with Crippen LogP contribution in [0.15, 0.2) is 12.2 Å². The number of carbonyl (C=O) groups is 1. The van der Waals surface area contributed by atoms with E-state index in [-0.39, 0.29) is 5.97 Å². The molecule has 1 aliphatic heterocycles. The van der Waals surface area contributed by atoms with Crippen molar-refractivity contribution in [3.05, 3.63) is 12.2 Å². The van der Waals surface area contributed by atoms with Gasteiger partial charge in [-0.1, -0.05) is 25.3 Å². The minimum atomic E-state index is -0.224. The van der Waals surface area contributed by atoms with Gasteiger partial charge in [-0.2, -0.15) is 0 Å². The second-order valence-corrected chi connectivity index (χ2v) is 4.73. The zero-order chi connectivity index (χ0) is 11.4. The van der Waals surface area contributed by atoms with Crippen LogP contribution in [-0.2, 0) is 9.53 Å². The highest BCUT2D eigenvalue weighted by Crippen LogP contribution is 2.33. The lowest BCUT2D eigenvalue weighted by Crippen LogP contribution is -2.15. The fraction of sp³-hybridized carbons (Fsp3) is 0.769. The fourth-order valence-electron chi connectivity index (χ4n) is 2.64. The third kappa shape index (κ3) is 3.08. The molecule has 0 unspecified atom stereocenters. The maximum atomic E-state index is 11.1. The number of ether oxygens (including phenoxy) is 1. The largest absolute Gasteiger partial charge is 0.463 e. The summed E-state index contributed by atoms with van der Waals surface area (Å²) in [6.45, 7) is 2.28. The molecule has 1 N–H and O–H groups in total. The first-order valence-electron chi connectivity index (χ1n) is 6.42. The van der Waals surface area contributed by atoms with E-state index >= 15 is 0 Å². The van der Waals surface area contributed by atoms with Crippen molar-refractivity contribution in [1.29, 1.82) is 0 Å². The summed E-state index contributed by atoms with van der Waals surface area (Å²) >= 11 is 0. The van der Waals surface area contributed by atoms with Crippen LogP contribution in [0.4, 0.5) is 0 Å². The molecule has 90 valence electrons. The van der Waals surface area contributed by atoms with Crippen molar-refractivity contribution < 1.29 is 9.53 Å². The van der Waals surface area contributed by atoms with Gasteiger partial charge in [-0.25, -0.2) is 4.79 Å². The molecule has 1 heterocycles. The zero-order valence-electron chi connectivity index (χ0n) is 9.95. The topological polar surface area (TPSA) is 48.2 Å². The van der Waals surface area contributed by atoms with Crippen LogP contribution in [0.5, 0.6) is 0 Å². The summed E-state index contributed by atoms with van der Waals surface area (Å²) in [7, 11) is 0. The number of nitrogens with one attached hydrogen (secondary N) is 1. The van der Waals surface area contributed by atoms with E-state index in [4.69, 9.17) is 4.74 Å². The molecule has 0 radical (unpaired) electrons. The molecule has 0 bridgehead atoms. The van der Waals surface area contributed by atoms with Crippen molar-refractivity contribution >= 4 is 5.97 Å². The summed E-state index contributed by atoms with van der Waals surface area (Å²) in [5.74, 6) is 0.601. The van der Waals surface area contributed by atoms with Gasteiger partial charge in [0, 0.05) is 18.2 Å². The third-order valence-corrected chi connectivity index (χ3v) is 3.55. The minimum Gasteiger partial charge on any atom is -0.463 e. The first-order valence-corrected chi connectivity index (χ1v) is 6.42. The molecule has 0 amide bonds. The Morgan fingerprint density at radius 3 is 2.81 bits per heavy atom. The molecule has 1 aliphatic carbocycles. The predicted molar refractivity (Wildman–Crippen MR) is 63.1 cm³/mol. The normalized spacial score (nSPS) is 30.6. The van der Waals surface area contributed by atoms with Gasteiger partial charge in [0.1, 0.15) is 0 Å². The Bertz CT molecular complexity index is 269. The van der Waals surface area contributed by atoms with Crippen molar-refractivity contribution in [2.75, 3.05) is 6.61 Å².